The van der Waals surface area contributed by atoms with E-state index in [-0.39, 0.29) is 17.5 Å². The van der Waals surface area contributed by atoms with Crippen LogP contribution >= 0.6 is 11.8 Å². The van der Waals surface area contributed by atoms with Crippen LogP contribution in [0.3, 0.4) is 0 Å². The number of thioether (sulfide) groups is 1. The van der Waals surface area contributed by atoms with Crippen LogP contribution in [0.15, 0.2) is 61.1 Å². The highest BCUT2D eigenvalue weighted by Gasteiger charge is 2.41. The van der Waals surface area contributed by atoms with E-state index in [1.165, 1.54) is 43.4 Å². The lowest BCUT2D eigenvalue weighted by molar-refractivity contribution is -0.142. The Hall–Kier alpha value is -4.65. The number of H-pyrrole nitrogens is 1. The molecule has 12 nitrogen and oxygen atoms in total. The molecule has 0 aliphatic rings. The Balaban J connectivity index is 2.15. The third-order valence-electron chi connectivity index (χ3n) is 6.79. The number of imide groups is 1. The molecule has 0 fully saturated rings. The summed E-state index contributed by atoms with van der Waals surface area (Å²) in [7, 11) is 1.26. The minimum absolute atomic E-state index is 0.106. The van der Waals surface area contributed by atoms with Crippen LogP contribution in [0.5, 0.6) is 0 Å². The van der Waals surface area contributed by atoms with Crippen LogP contribution in [0.4, 0.5) is 9.59 Å². The van der Waals surface area contributed by atoms with E-state index in [4.69, 9.17) is 14.2 Å². The van der Waals surface area contributed by atoms with Crippen molar-refractivity contribution in [3.8, 4) is 11.1 Å². The van der Waals surface area contributed by atoms with Crippen molar-refractivity contribution < 1.29 is 38.2 Å². The second-order valence-corrected chi connectivity index (χ2v) is 13.9. The number of imidazole rings is 1. The monoisotopic (exact) mass is 680 g/mol. The van der Waals surface area contributed by atoms with Gasteiger partial charge in [0.2, 0.25) is 0 Å². The molecule has 0 unspecified atom stereocenters. The quantitative estimate of drug-likeness (QED) is 0.131. The molecular formula is C35H44N4O8S. The highest BCUT2D eigenvalue weighted by Crippen LogP contribution is 2.28. The van der Waals surface area contributed by atoms with Crippen LogP contribution in [0, 0.1) is 0 Å². The Bertz CT molecular complexity index is 1550. The molecule has 3 rings (SSSR count). The molecule has 1 heterocycles. The lowest BCUT2D eigenvalue weighted by atomic mass is 9.92. The second-order valence-electron chi connectivity index (χ2n) is 12.9. The van der Waals surface area contributed by atoms with Gasteiger partial charge in [0.1, 0.15) is 23.3 Å². The van der Waals surface area contributed by atoms with Crippen molar-refractivity contribution in [3.05, 3.63) is 77.9 Å². The molecule has 3 amide bonds. The van der Waals surface area contributed by atoms with Gasteiger partial charge in [0, 0.05) is 23.7 Å². The fourth-order valence-corrected chi connectivity index (χ4v) is 5.13. The summed E-state index contributed by atoms with van der Waals surface area (Å²) in [6.07, 6.45) is 2.94. The van der Waals surface area contributed by atoms with Crippen LogP contribution in [0.1, 0.15) is 74.4 Å². The number of carbonyl (C=O) groups excluding carboxylic acids is 5. The Kier molecular flexibility index (Phi) is 13.0. The molecule has 258 valence electrons. The number of ketones is 1. The van der Waals surface area contributed by atoms with Gasteiger partial charge in [-0.25, -0.2) is 24.3 Å². The number of aromatic amines is 1. The van der Waals surface area contributed by atoms with Crippen molar-refractivity contribution in [3.63, 3.8) is 0 Å². The smallest absolute Gasteiger partial charge is 0.420 e. The van der Waals surface area contributed by atoms with E-state index >= 15 is 0 Å². The summed E-state index contributed by atoms with van der Waals surface area (Å²) < 4.78 is 16.1. The molecule has 2 N–H and O–H groups in total. The van der Waals surface area contributed by atoms with Crippen LogP contribution in [-0.4, -0.2) is 87.1 Å². The van der Waals surface area contributed by atoms with E-state index in [0.29, 0.717) is 33.9 Å². The standard InChI is InChI=1S/C35H44N4O8S/c1-34(2,3)46-32(43)39(33(44)47-35(4,5)6)28(19-24-20-36-21-37-24)29(40)23-14-15-25(26(18-23)22-12-10-9-11-13-22)30(41)38-27(16-17-48-8)31(42)45-7/h9-15,18,20-21,27-28H,16-17,19H2,1-8H3,(H,36,37)(H,38,41)/t27-,28-/m0/s1. The van der Waals surface area contributed by atoms with E-state index < -0.39 is 53.1 Å². The number of nitrogens with zero attached hydrogens (tertiary/aromatic N) is 2. The lowest BCUT2D eigenvalue weighted by Gasteiger charge is -2.32. The number of carbonyl (C=O) groups is 5. The average Bonchev–Trinajstić information content (AvgIpc) is 3.53. The summed E-state index contributed by atoms with van der Waals surface area (Å²) in [5, 5.41) is 2.77. The van der Waals surface area contributed by atoms with E-state index in [0.717, 1.165) is 0 Å². The number of hydrogen-bond donors (Lipinski definition) is 2. The van der Waals surface area contributed by atoms with Crippen molar-refractivity contribution in [2.75, 3.05) is 19.1 Å². The Morgan fingerprint density at radius 3 is 2.08 bits per heavy atom. The van der Waals surface area contributed by atoms with Gasteiger partial charge >= 0.3 is 18.2 Å². The third kappa shape index (κ3) is 10.7. The molecule has 0 aliphatic heterocycles. The van der Waals surface area contributed by atoms with E-state index in [2.05, 4.69) is 15.3 Å². The van der Waals surface area contributed by atoms with Gasteiger partial charge in [0.25, 0.3) is 5.91 Å². The number of hydrogen-bond acceptors (Lipinski definition) is 10. The van der Waals surface area contributed by atoms with Gasteiger partial charge in [-0.15, -0.1) is 0 Å². The molecule has 0 spiro atoms. The summed E-state index contributed by atoms with van der Waals surface area (Å²) in [5.41, 5.74) is -0.257. The first-order valence-corrected chi connectivity index (χ1v) is 16.8. The van der Waals surface area contributed by atoms with Crippen molar-refractivity contribution in [1.82, 2.24) is 20.2 Å². The summed E-state index contributed by atoms with van der Waals surface area (Å²) >= 11 is 1.53. The fourth-order valence-electron chi connectivity index (χ4n) is 4.66. The molecule has 1 aromatic heterocycles. The number of ether oxygens (including phenoxy) is 3. The zero-order chi connectivity index (χ0) is 35.6. The molecule has 13 heteroatoms. The molecule has 0 aliphatic carbocycles. The molecule has 0 bridgehead atoms. The predicted molar refractivity (Wildman–Crippen MR) is 183 cm³/mol. The maximum Gasteiger partial charge on any atom is 0.420 e. The van der Waals surface area contributed by atoms with Crippen LogP contribution in [0.25, 0.3) is 11.1 Å². The molecule has 3 aromatic rings. The highest BCUT2D eigenvalue weighted by molar-refractivity contribution is 7.98. The first-order valence-electron chi connectivity index (χ1n) is 15.4. The number of aromatic nitrogens is 2. The van der Waals surface area contributed by atoms with E-state index in [9.17, 15) is 24.0 Å². The predicted octanol–water partition coefficient (Wildman–Crippen LogP) is 6.07. The zero-order valence-electron chi connectivity index (χ0n) is 28.6. The maximum atomic E-state index is 14.5. The van der Waals surface area contributed by atoms with Gasteiger partial charge < -0.3 is 24.5 Å². The molecule has 2 aromatic carbocycles. The molecule has 0 saturated carbocycles. The van der Waals surface area contributed by atoms with Gasteiger partial charge in [-0.1, -0.05) is 36.4 Å². The van der Waals surface area contributed by atoms with Gasteiger partial charge in [-0.2, -0.15) is 11.8 Å². The number of benzene rings is 2. The second kappa shape index (κ2) is 16.4. The molecular weight excluding hydrogens is 636 g/mol. The first kappa shape index (κ1) is 37.8. The fraction of sp³-hybridized carbons (Fsp3) is 0.429. The van der Waals surface area contributed by atoms with Gasteiger partial charge in [0.05, 0.1) is 19.1 Å². The van der Waals surface area contributed by atoms with Crippen molar-refractivity contribution in [1.29, 1.82) is 0 Å². The molecule has 48 heavy (non-hydrogen) atoms. The summed E-state index contributed by atoms with van der Waals surface area (Å²) in [6.45, 7) is 9.86. The number of amides is 3. The SMILES string of the molecule is COC(=O)[C@H](CCSC)NC(=O)c1ccc(C(=O)[C@H](Cc2c[nH]cn2)N(C(=O)OC(C)(C)C)C(=O)OC(C)(C)C)cc1-c1ccccc1. The lowest BCUT2D eigenvalue weighted by Crippen LogP contribution is -2.53. The third-order valence-corrected chi connectivity index (χ3v) is 7.43. The number of methoxy groups -OCH3 is 1. The molecule has 0 saturated heterocycles. The van der Waals surface area contributed by atoms with E-state index in [1.54, 1.807) is 72.0 Å². The van der Waals surface area contributed by atoms with Gasteiger partial charge in [0.15, 0.2) is 5.78 Å². The van der Waals surface area contributed by atoms with Crippen LogP contribution < -0.4 is 5.32 Å². The number of rotatable bonds is 12. The minimum Gasteiger partial charge on any atom is -0.467 e. The van der Waals surface area contributed by atoms with Crippen molar-refractivity contribution >= 4 is 41.6 Å². The highest BCUT2D eigenvalue weighted by atomic mass is 32.2. The summed E-state index contributed by atoms with van der Waals surface area (Å²) in [4.78, 5) is 75.6. The summed E-state index contributed by atoms with van der Waals surface area (Å²) in [6, 6.07) is 11.1. The zero-order valence-corrected chi connectivity index (χ0v) is 29.4. The van der Waals surface area contributed by atoms with Gasteiger partial charge in [-0.05, 0) is 83.2 Å². The topological polar surface area (TPSA) is 157 Å². The van der Waals surface area contributed by atoms with Gasteiger partial charge in [-0.3, -0.25) is 9.59 Å². The largest absolute Gasteiger partial charge is 0.467 e. The first-order chi connectivity index (χ1) is 22.5. The number of nitrogens with one attached hydrogen (secondary N) is 2. The molecule has 0 radical (unpaired) electrons. The Labute approximate surface area is 285 Å². The normalized spacial score (nSPS) is 12.8. The maximum absolute atomic E-state index is 14.5. The molecule has 2 atom stereocenters. The minimum atomic E-state index is -1.43. The van der Waals surface area contributed by atoms with Crippen molar-refractivity contribution in [2.45, 2.75) is 77.7 Å². The van der Waals surface area contributed by atoms with Crippen LogP contribution in [0.2, 0.25) is 0 Å². The number of Topliss-reactive ketones (excluding diaryl/α,β-unsaturated/α-hetero) is 1. The average molecular weight is 681 g/mol. The Morgan fingerprint density at radius 2 is 1.56 bits per heavy atom. The van der Waals surface area contributed by atoms with E-state index in [1.807, 2.05) is 12.3 Å². The number of esters is 1. The van der Waals surface area contributed by atoms with Crippen molar-refractivity contribution in [2.24, 2.45) is 0 Å². The summed E-state index contributed by atoms with van der Waals surface area (Å²) in [5.74, 6) is -1.12. The Morgan fingerprint density at radius 1 is 0.938 bits per heavy atom. The van der Waals surface area contributed by atoms with Crippen LogP contribution in [-0.2, 0) is 25.4 Å².